The van der Waals surface area contributed by atoms with E-state index in [1.165, 1.54) is 0 Å². The fourth-order valence-corrected chi connectivity index (χ4v) is 3.52. The van der Waals surface area contributed by atoms with Crippen molar-refractivity contribution in [3.63, 3.8) is 0 Å². The second-order valence-electron chi connectivity index (χ2n) is 7.20. The average Bonchev–Trinajstić information content (AvgIpc) is 3.41. The zero-order chi connectivity index (χ0) is 20.2. The van der Waals surface area contributed by atoms with Gasteiger partial charge in [-0.1, -0.05) is 0 Å². The summed E-state index contributed by atoms with van der Waals surface area (Å²) in [5.74, 6) is 1.39. The van der Waals surface area contributed by atoms with Crippen molar-refractivity contribution in [2.75, 3.05) is 13.1 Å². The molecule has 1 aliphatic rings. The van der Waals surface area contributed by atoms with E-state index in [0.717, 1.165) is 17.1 Å². The minimum Gasteiger partial charge on any atom is -0.465 e. The number of carbonyl (C=O) groups is 2. The van der Waals surface area contributed by atoms with E-state index in [2.05, 4.69) is 20.5 Å². The van der Waals surface area contributed by atoms with Crippen LogP contribution in [0.4, 0.5) is 0 Å². The molecule has 8 nitrogen and oxygen atoms in total. The monoisotopic (exact) mass is 393 g/mol. The van der Waals surface area contributed by atoms with Gasteiger partial charge < -0.3 is 14.6 Å². The number of hydrogen-bond donors (Lipinski definition) is 2. The molecular formula is C21H23N5O3. The van der Waals surface area contributed by atoms with Crippen LogP contribution in [0, 0.1) is 12.8 Å². The Morgan fingerprint density at radius 2 is 1.97 bits per heavy atom. The third-order valence-corrected chi connectivity index (χ3v) is 5.17. The van der Waals surface area contributed by atoms with Crippen molar-refractivity contribution in [2.45, 2.75) is 26.3 Å². The van der Waals surface area contributed by atoms with Gasteiger partial charge >= 0.3 is 0 Å². The summed E-state index contributed by atoms with van der Waals surface area (Å²) < 4.78 is 5.47. The zero-order valence-electron chi connectivity index (χ0n) is 16.2. The van der Waals surface area contributed by atoms with Crippen LogP contribution in [0.1, 0.15) is 34.9 Å². The summed E-state index contributed by atoms with van der Waals surface area (Å²) in [7, 11) is 0. The molecule has 0 aliphatic carbocycles. The van der Waals surface area contributed by atoms with Crippen LogP contribution in [-0.4, -0.2) is 45.0 Å². The van der Waals surface area contributed by atoms with Crippen LogP contribution < -0.4 is 5.32 Å². The van der Waals surface area contributed by atoms with Crippen molar-refractivity contribution >= 4 is 11.8 Å². The first-order valence-electron chi connectivity index (χ1n) is 9.68. The number of aryl methyl sites for hydroxylation is 1. The SMILES string of the molecule is Cc1ccc(CNC(=O)C2CCN(C(=O)c3cc(-c4ccncc4)n[nH]3)CC2)o1. The van der Waals surface area contributed by atoms with Crippen LogP contribution in [-0.2, 0) is 11.3 Å². The Bertz CT molecular complexity index is 987. The summed E-state index contributed by atoms with van der Waals surface area (Å²) in [6.45, 7) is 3.34. The van der Waals surface area contributed by atoms with E-state index in [0.29, 0.717) is 43.9 Å². The summed E-state index contributed by atoms with van der Waals surface area (Å²) in [6.07, 6.45) is 4.66. The van der Waals surface area contributed by atoms with Gasteiger partial charge in [-0.15, -0.1) is 0 Å². The number of rotatable bonds is 5. The Morgan fingerprint density at radius 3 is 2.66 bits per heavy atom. The maximum atomic E-state index is 12.8. The molecular weight excluding hydrogens is 370 g/mol. The summed E-state index contributed by atoms with van der Waals surface area (Å²) in [4.78, 5) is 30.9. The fraction of sp³-hybridized carbons (Fsp3) is 0.333. The maximum Gasteiger partial charge on any atom is 0.271 e. The molecule has 0 spiro atoms. The quantitative estimate of drug-likeness (QED) is 0.693. The normalized spacial score (nSPS) is 14.7. The molecule has 1 fully saturated rings. The molecule has 8 heteroatoms. The molecule has 3 aromatic heterocycles. The van der Waals surface area contributed by atoms with Crippen molar-refractivity contribution in [2.24, 2.45) is 5.92 Å². The minimum atomic E-state index is -0.0947. The highest BCUT2D eigenvalue weighted by Crippen LogP contribution is 2.21. The van der Waals surface area contributed by atoms with Gasteiger partial charge in [-0.3, -0.25) is 19.7 Å². The summed E-state index contributed by atoms with van der Waals surface area (Å²) in [5, 5.41) is 9.97. The number of aromatic nitrogens is 3. The Hall–Kier alpha value is -3.42. The van der Waals surface area contributed by atoms with Crippen LogP contribution >= 0.6 is 0 Å². The maximum absolute atomic E-state index is 12.8. The molecule has 0 unspecified atom stereocenters. The minimum absolute atomic E-state index is 0.00710. The number of nitrogens with one attached hydrogen (secondary N) is 2. The second kappa shape index (κ2) is 8.30. The zero-order valence-corrected chi connectivity index (χ0v) is 16.2. The van der Waals surface area contributed by atoms with Gasteiger partial charge in [0.15, 0.2) is 0 Å². The highest BCUT2D eigenvalue weighted by Gasteiger charge is 2.28. The molecule has 0 radical (unpaired) electrons. The third-order valence-electron chi connectivity index (χ3n) is 5.17. The number of nitrogens with zero attached hydrogens (tertiary/aromatic N) is 3. The first kappa shape index (κ1) is 18.9. The number of H-pyrrole nitrogens is 1. The molecule has 4 heterocycles. The Labute approximate surface area is 168 Å². The lowest BCUT2D eigenvalue weighted by Crippen LogP contribution is -2.43. The molecule has 3 aromatic rings. The first-order valence-corrected chi connectivity index (χ1v) is 9.68. The fourth-order valence-electron chi connectivity index (χ4n) is 3.52. The van der Waals surface area contributed by atoms with E-state index in [4.69, 9.17) is 4.42 Å². The Kier molecular flexibility index (Phi) is 5.41. The van der Waals surface area contributed by atoms with Gasteiger partial charge in [0.25, 0.3) is 5.91 Å². The molecule has 2 amide bonds. The number of carbonyl (C=O) groups excluding carboxylic acids is 2. The van der Waals surface area contributed by atoms with E-state index in [1.807, 2.05) is 31.2 Å². The lowest BCUT2D eigenvalue weighted by atomic mass is 9.95. The number of amides is 2. The highest BCUT2D eigenvalue weighted by molar-refractivity contribution is 5.93. The van der Waals surface area contributed by atoms with Gasteiger partial charge in [0.05, 0.1) is 12.2 Å². The molecule has 1 saturated heterocycles. The van der Waals surface area contributed by atoms with Gasteiger partial charge in [0.1, 0.15) is 17.2 Å². The number of pyridine rings is 1. The van der Waals surface area contributed by atoms with E-state index in [1.54, 1.807) is 23.4 Å². The number of hydrogen-bond acceptors (Lipinski definition) is 5. The topological polar surface area (TPSA) is 104 Å². The number of likely N-dealkylation sites (tertiary alicyclic amines) is 1. The van der Waals surface area contributed by atoms with E-state index in [9.17, 15) is 9.59 Å². The van der Waals surface area contributed by atoms with Crippen molar-refractivity contribution < 1.29 is 14.0 Å². The molecule has 0 atom stereocenters. The largest absolute Gasteiger partial charge is 0.465 e. The first-order chi connectivity index (χ1) is 14.1. The predicted octanol–water partition coefficient (Wildman–Crippen LogP) is 2.54. The van der Waals surface area contributed by atoms with Crippen LogP contribution in [0.15, 0.2) is 47.1 Å². The van der Waals surface area contributed by atoms with Crippen LogP contribution in [0.2, 0.25) is 0 Å². The number of piperidine rings is 1. The van der Waals surface area contributed by atoms with Crippen molar-refractivity contribution in [3.05, 3.63) is 59.9 Å². The molecule has 150 valence electrons. The average molecular weight is 393 g/mol. The second-order valence-corrected chi connectivity index (χ2v) is 7.20. The van der Waals surface area contributed by atoms with Crippen molar-refractivity contribution in [3.8, 4) is 11.3 Å². The third kappa shape index (κ3) is 4.37. The standard InChI is InChI=1S/C21H23N5O3/c1-14-2-3-17(29-14)13-23-20(27)16-6-10-26(11-7-16)21(28)19-12-18(24-25-19)15-4-8-22-9-5-15/h2-5,8-9,12,16H,6-7,10-11,13H2,1H3,(H,23,27)(H,24,25). The van der Waals surface area contributed by atoms with E-state index >= 15 is 0 Å². The Morgan fingerprint density at radius 1 is 1.21 bits per heavy atom. The van der Waals surface area contributed by atoms with Gasteiger partial charge in [0, 0.05) is 37.0 Å². The van der Waals surface area contributed by atoms with Crippen molar-refractivity contribution in [1.82, 2.24) is 25.4 Å². The number of furan rings is 1. The van der Waals surface area contributed by atoms with Crippen molar-refractivity contribution in [1.29, 1.82) is 0 Å². The lowest BCUT2D eigenvalue weighted by molar-refractivity contribution is -0.126. The lowest BCUT2D eigenvalue weighted by Gasteiger charge is -2.30. The van der Waals surface area contributed by atoms with Gasteiger partial charge in [-0.25, -0.2) is 0 Å². The Balaban J connectivity index is 1.29. The van der Waals surface area contributed by atoms with E-state index < -0.39 is 0 Å². The molecule has 29 heavy (non-hydrogen) atoms. The summed E-state index contributed by atoms with van der Waals surface area (Å²) in [5.41, 5.74) is 2.06. The van der Waals surface area contributed by atoms with Crippen LogP contribution in [0.3, 0.4) is 0 Å². The molecule has 0 bridgehead atoms. The summed E-state index contributed by atoms with van der Waals surface area (Å²) >= 11 is 0. The molecule has 1 aliphatic heterocycles. The molecule has 4 rings (SSSR count). The smallest absolute Gasteiger partial charge is 0.271 e. The molecule has 2 N–H and O–H groups in total. The highest BCUT2D eigenvalue weighted by atomic mass is 16.3. The van der Waals surface area contributed by atoms with E-state index in [-0.39, 0.29) is 17.7 Å². The number of aromatic amines is 1. The van der Waals surface area contributed by atoms with Gasteiger partial charge in [-0.2, -0.15) is 5.10 Å². The summed E-state index contributed by atoms with van der Waals surface area (Å²) in [6, 6.07) is 9.18. The molecule has 0 saturated carbocycles. The van der Waals surface area contributed by atoms with Crippen LogP contribution in [0.25, 0.3) is 11.3 Å². The van der Waals surface area contributed by atoms with Gasteiger partial charge in [0.2, 0.25) is 5.91 Å². The van der Waals surface area contributed by atoms with Crippen LogP contribution in [0.5, 0.6) is 0 Å². The molecule has 0 aromatic carbocycles. The predicted molar refractivity (Wildman–Crippen MR) is 106 cm³/mol. The van der Waals surface area contributed by atoms with Gasteiger partial charge in [-0.05, 0) is 50.1 Å².